The second kappa shape index (κ2) is 10.4. The van der Waals surface area contributed by atoms with Crippen molar-refractivity contribution in [2.45, 2.75) is 40.7 Å². The number of hydrogen-bond acceptors (Lipinski definition) is 4. The van der Waals surface area contributed by atoms with E-state index in [9.17, 15) is 9.59 Å². The summed E-state index contributed by atoms with van der Waals surface area (Å²) in [6, 6.07) is 11.7. The molecule has 2 aromatic rings. The number of pyridine rings is 1. The van der Waals surface area contributed by atoms with Crippen LogP contribution in [0.15, 0.2) is 42.6 Å². The molecule has 0 saturated heterocycles. The predicted molar refractivity (Wildman–Crippen MR) is 113 cm³/mol. The van der Waals surface area contributed by atoms with E-state index in [-0.39, 0.29) is 18.2 Å². The largest absolute Gasteiger partial charge is 0.372 e. The van der Waals surface area contributed by atoms with Crippen molar-refractivity contribution >= 4 is 23.2 Å². The molecule has 0 fully saturated rings. The van der Waals surface area contributed by atoms with Gasteiger partial charge in [-0.25, -0.2) is 0 Å². The van der Waals surface area contributed by atoms with Crippen LogP contribution in [0.3, 0.4) is 0 Å². The zero-order chi connectivity index (χ0) is 20.5. The van der Waals surface area contributed by atoms with E-state index in [2.05, 4.69) is 35.1 Å². The van der Waals surface area contributed by atoms with E-state index in [0.717, 1.165) is 35.7 Å². The van der Waals surface area contributed by atoms with Gasteiger partial charge in [-0.1, -0.05) is 6.07 Å². The Bertz CT molecular complexity index is 788. The third-order valence-electron chi connectivity index (χ3n) is 4.75. The average Bonchev–Trinajstić information content (AvgIpc) is 2.68. The van der Waals surface area contributed by atoms with Crippen LogP contribution in [0, 0.1) is 6.92 Å². The molecule has 1 heterocycles. The molecule has 0 spiro atoms. The standard InChI is InChI=1S/C22H30N4O2/c1-5-25(6-2)20-10-11-21(17(3)15-20)24-22(28)12-14-26(18(4)27)16-19-9-7-8-13-23-19/h7-11,13,15H,5-6,12,14,16H2,1-4H3,(H,24,28). The molecule has 0 aliphatic carbocycles. The third-order valence-corrected chi connectivity index (χ3v) is 4.75. The molecule has 0 atom stereocenters. The van der Waals surface area contributed by atoms with Gasteiger partial charge in [-0.15, -0.1) is 0 Å². The molecular weight excluding hydrogens is 352 g/mol. The van der Waals surface area contributed by atoms with Crippen molar-refractivity contribution in [2.24, 2.45) is 0 Å². The number of nitrogens with one attached hydrogen (secondary N) is 1. The van der Waals surface area contributed by atoms with Gasteiger partial charge in [0.15, 0.2) is 0 Å². The lowest BCUT2D eigenvalue weighted by Crippen LogP contribution is -2.32. The SMILES string of the molecule is CCN(CC)c1ccc(NC(=O)CCN(Cc2ccccn2)C(C)=O)c(C)c1. The Balaban J connectivity index is 1.94. The number of carbonyl (C=O) groups is 2. The molecule has 0 saturated carbocycles. The lowest BCUT2D eigenvalue weighted by molar-refractivity contribution is -0.130. The van der Waals surface area contributed by atoms with Gasteiger partial charge in [0, 0.05) is 50.6 Å². The van der Waals surface area contributed by atoms with Gasteiger partial charge in [0.1, 0.15) is 0 Å². The average molecular weight is 383 g/mol. The Hall–Kier alpha value is -2.89. The van der Waals surface area contributed by atoms with Crippen LogP contribution in [0.25, 0.3) is 0 Å². The summed E-state index contributed by atoms with van der Waals surface area (Å²) >= 11 is 0. The van der Waals surface area contributed by atoms with Gasteiger partial charge >= 0.3 is 0 Å². The van der Waals surface area contributed by atoms with Gasteiger partial charge < -0.3 is 15.1 Å². The minimum Gasteiger partial charge on any atom is -0.372 e. The molecule has 1 N–H and O–H groups in total. The fourth-order valence-corrected chi connectivity index (χ4v) is 3.06. The topological polar surface area (TPSA) is 65.5 Å². The maximum Gasteiger partial charge on any atom is 0.226 e. The highest BCUT2D eigenvalue weighted by Crippen LogP contribution is 2.22. The summed E-state index contributed by atoms with van der Waals surface area (Å²) in [6.45, 7) is 10.4. The number of rotatable bonds is 9. The van der Waals surface area contributed by atoms with E-state index >= 15 is 0 Å². The van der Waals surface area contributed by atoms with Crippen LogP contribution in [0.1, 0.15) is 38.4 Å². The molecule has 150 valence electrons. The van der Waals surface area contributed by atoms with Crippen LogP contribution in [-0.2, 0) is 16.1 Å². The predicted octanol–water partition coefficient (Wildman–Crippen LogP) is 3.61. The highest BCUT2D eigenvalue weighted by Gasteiger charge is 2.13. The molecule has 1 aromatic carbocycles. The first-order valence-electron chi connectivity index (χ1n) is 9.75. The Kier molecular flexibility index (Phi) is 7.99. The van der Waals surface area contributed by atoms with Crippen LogP contribution >= 0.6 is 0 Å². The number of carbonyl (C=O) groups excluding carboxylic acids is 2. The quantitative estimate of drug-likeness (QED) is 0.719. The second-order valence-electron chi connectivity index (χ2n) is 6.73. The second-order valence-corrected chi connectivity index (χ2v) is 6.73. The van der Waals surface area contributed by atoms with Crippen LogP contribution in [0.4, 0.5) is 11.4 Å². The normalized spacial score (nSPS) is 10.4. The molecular formula is C22H30N4O2. The number of aryl methyl sites for hydroxylation is 1. The third kappa shape index (κ3) is 6.08. The summed E-state index contributed by atoms with van der Waals surface area (Å²) in [6.07, 6.45) is 1.94. The number of benzene rings is 1. The first-order valence-corrected chi connectivity index (χ1v) is 9.75. The summed E-state index contributed by atoms with van der Waals surface area (Å²) in [5.74, 6) is -0.177. The first-order chi connectivity index (χ1) is 13.4. The summed E-state index contributed by atoms with van der Waals surface area (Å²) in [7, 11) is 0. The van der Waals surface area contributed by atoms with Crippen molar-refractivity contribution in [1.82, 2.24) is 9.88 Å². The van der Waals surface area contributed by atoms with Crippen molar-refractivity contribution in [1.29, 1.82) is 0 Å². The van der Waals surface area contributed by atoms with Gasteiger partial charge in [0.2, 0.25) is 11.8 Å². The number of hydrogen-bond donors (Lipinski definition) is 1. The van der Waals surface area contributed by atoms with Gasteiger partial charge in [-0.05, 0) is 56.7 Å². The molecule has 0 radical (unpaired) electrons. The minimum absolute atomic E-state index is 0.0711. The Morgan fingerprint density at radius 1 is 1.11 bits per heavy atom. The van der Waals surface area contributed by atoms with Crippen LogP contribution in [0.5, 0.6) is 0 Å². The van der Waals surface area contributed by atoms with E-state index < -0.39 is 0 Å². The zero-order valence-electron chi connectivity index (χ0n) is 17.2. The van der Waals surface area contributed by atoms with Crippen molar-refractivity contribution < 1.29 is 9.59 Å². The van der Waals surface area contributed by atoms with E-state index in [1.807, 2.05) is 37.3 Å². The van der Waals surface area contributed by atoms with Crippen molar-refractivity contribution in [3.63, 3.8) is 0 Å². The molecule has 0 unspecified atom stereocenters. The molecule has 2 rings (SSSR count). The minimum atomic E-state index is -0.106. The maximum atomic E-state index is 12.4. The maximum absolute atomic E-state index is 12.4. The molecule has 2 amide bonds. The molecule has 0 aliphatic heterocycles. The number of anilines is 2. The van der Waals surface area contributed by atoms with E-state index in [4.69, 9.17) is 0 Å². The van der Waals surface area contributed by atoms with Crippen molar-refractivity contribution in [3.8, 4) is 0 Å². The van der Waals surface area contributed by atoms with Gasteiger partial charge in [-0.2, -0.15) is 0 Å². The Labute approximate surface area is 167 Å². The van der Waals surface area contributed by atoms with E-state index in [1.54, 1.807) is 11.1 Å². The van der Waals surface area contributed by atoms with Gasteiger partial charge in [-0.3, -0.25) is 14.6 Å². The van der Waals surface area contributed by atoms with Gasteiger partial charge in [0.05, 0.1) is 12.2 Å². The summed E-state index contributed by atoms with van der Waals surface area (Å²) in [5.41, 5.74) is 3.79. The lowest BCUT2D eigenvalue weighted by Gasteiger charge is -2.22. The first kappa shape index (κ1) is 21.4. The summed E-state index contributed by atoms with van der Waals surface area (Å²) < 4.78 is 0. The Morgan fingerprint density at radius 2 is 1.86 bits per heavy atom. The zero-order valence-corrected chi connectivity index (χ0v) is 17.2. The van der Waals surface area contributed by atoms with Crippen molar-refractivity contribution in [2.75, 3.05) is 29.9 Å². The smallest absolute Gasteiger partial charge is 0.226 e. The molecule has 1 aromatic heterocycles. The van der Waals surface area contributed by atoms with E-state index in [0.29, 0.717) is 13.1 Å². The van der Waals surface area contributed by atoms with Crippen LogP contribution in [0.2, 0.25) is 0 Å². The number of amides is 2. The molecule has 0 bridgehead atoms. The molecule has 6 heteroatoms. The number of aromatic nitrogens is 1. The van der Waals surface area contributed by atoms with E-state index in [1.165, 1.54) is 6.92 Å². The summed E-state index contributed by atoms with van der Waals surface area (Å²) in [5, 5.41) is 2.96. The summed E-state index contributed by atoms with van der Waals surface area (Å²) in [4.78, 5) is 32.4. The fourth-order valence-electron chi connectivity index (χ4n) is 3.06. The van der Waals surface area contributed by atoms with Crippen molar-refractivity contribution in [3.05, 3.63) is 53.9 Å². The fraction of sp³-hybridized carbons (Fsp3) is 0.409. The van der Waals surface area contributed by atoms with Crippen LogP contribution < -0.4 is 10.2 Å². The highest BCUT2D eigenvalue weighted by atomic mass is 16.2. The monoisotopic (exact) mass is 382 g/mol. The molecule has 28 heavy (non-hydrogen) atoms. The Morgan fingerprint density at radius 3 is 2.43 bits per heavy atom. The molecule has 6 nitrogen and oxygen atoms in total. The van der Waals surface area contributed by atoms with Gasteiger partial charge in [0.25, 0.3) is 0 Å². The molecule has 0 aliphatic rings. The van der Waals surface area contributed by atoms with Crippen LogP contribution in [-0.4, -0.2) is 41.3 Å². The highest BCUT2D eigenvalue weighted by molar-refractivity contribution is 5.92. The number of nitrogens with zero attached hydrogens (tertiary/aromatic N) is 3. The lowest BCUT2D eigenvalue weighted by atomic mass is 10.1.